The number of ether oxygens (including phenoxy) is 1. The first-order valence-electron chi connectivity index (χ1n) is 4.39. The monoisotopic (exact) mass is 274 g/mol. The van der Waals surface area contributed by atoms with Gasteiger partial charge in [-0.15, -0.1) is 0 Å². The number of hydrogen-bond acceptors (Lipinski definition) is 4. The molecule has 0 aliphatic heterocycles. The lowest BCUT2D eigenvalue weighted by molar-refractivity contribution is -0.153. The van der Waals surface area contributed by atoms with E-state index in [0.717, 1.165) is 0 Å². The lowest BCUT2D eigenvalue weighted by atomic mass is 10.1. The number of aromatic hydroxyl groups is 1. The van der Waals surface area contributed by atoms with Crippen LogP contribution in [0.5, 0.6) is 5.75 Å². The summed E-state index contributed by atoms with van der Waals surface area (Å²) in [4.78, 5) is 11.2. The summed E-state index contributed by atoms with van der Waals surface area (Å²) in [6.45, 7) is 1.83. The van der Waals surface area contributed by atoms with Crippen LogP contribution in [-0.4, -0.2) is 22.8 Å². The number of rotatable bonds is 3. The molecule has 5 heteroatoms. The van der Waals surface area contributed by atoms with Crippen molar-refractivity contribution in [3.05, 3.63) is 28.2 Å². The first-order chi connectivity index (χ1) is 7.06. The van der Waals surface area contributed by atoms with E-state index in [0.29, 0.717) is 4.47 Å². The number of phenols is 1. The lowest BCUT2D eigenvalue weighted by Crippen LogP contribution is -2.15. The first kappa shape index (κ1) is 12.0. The van der Waals surface area contributed by atoms with Gasteiger partial charge in [-0.05, 0) is 19.1 Å². The molecule has 2 N–H and O–H groups in total. The highest BCUT2D eigenvalue weighted by Gasteiger charge is 2.21. The van der Waals surface area contributed by atoms with Crippen LogP contribution in [0, 0.1) is 0 Å². The Labute approximate surface area is 95.6 Å². The van der Waals surface area contributed by atoms with Gasteiger partial charge in [0, 0.05) is 10.0 Å². The third kappa shape index (κ3) is 2.94. The molecule has 0 spiro atoms. The zero-order valence-electron chi connectivity index (χ0n) is 8.11. The molecule has 1 atom stereocenters. The maximum absolute atomic E-state index is 11.2. The molecule has 0 saturated heterocycles. The van der Waals surface area contributed by atoms with Gasteiger partial charge in [-0.1, -0.05) is 22.0 Å². The van der Waals surface area contributed by atoms with Crippen molar-refractivity contribution < 1.29 is 19.7 Å². The van der Waals surface area contributed by atoms with E-state index in [4.69, 9.17) is 0 Å². The molecule has 15 heavy (non-hydrogen) atoms. The minimum Gasteiger partial charge on any atom is -0.508 e. The van der Waals surface area contributed by atoms with Gasteiger partial charge in [0.15, 0.2) is 6.10 Å². The number of aliphatic hydroxyl groups excluding tert-OH is 1. The topological polar surface area (TPSA) is 66.8 Å². The van der Waals surface area contributed by atoms with Gasteiger partial charge in [-0.3, -0.25) is 0 Å². The molecule has 0 heterocycles. The Kier molecular flexibility index (Phi) is 4.11. The van der Waals surface area contributed by atoms with Crippen LogP contribution in [-0.2, 0) is 9.53 Å². The Balaban J connectivity index is 2.91. The molecule has 0 aromatic heterocycles. The molecule has 0 aliphatic rings. The van der Waals surface area contributed by atoms with Crippen molar-refractivity contribution in [2.45, 2.75) is 13.0 Å². The summed E-state index contributed by atoms with van der Waals surface area (Å²) >= 11 is 3.16. The van der Waals surface area contributed by atoms with E-state index < -0.39 is 12.1 Å². The number of hydrogen-bond donors (Lipinski definition) is 2. The summed E-state index contributed by atoms with van der Waals surface area (Å²) in [5.74, 6) is -0.917. The van der Waals surface area contributed by atoms with Crippen molar-refractivity contribution in [3.63, 3.8) is 0 Å². The molecule has 0 bridgehead atoms. The molecule has 4 nitrogen and oxygen atoms in total. The van der Waals surface area contributed by atoms with Crippen molar-refractivity contribution >= 4 is 21.9 Å². The van der Waals surface area contributed by atoms with E-state index in [1.54, 1.807) is 13.0 Å². The average molecular weight is 275 g/mol. The Morgan fingerprint density at radius 2 is 2.27 bits per heavy atom. The van der Waals surface area contributed by atoms with Crippen LogP contribution in [0.25, 0.3) is 0 Å². The van der Waals surface area contributed by atoms with Crippen LogP contribution in [0.2, 0.25) is 0 Å². The first-order valence-corrected chi connectivity index (χ1v) is 5.18. The molecule has 0 aliphatic carbocycles. The highest BCUT2D eigenvalue weighted by atomic mass is 79.9. The third-order valence-corrected chi connectivity index (χ3v) is 2.29. The molecule has 1 rings (SSSR count). The van der Waals surface area contributed by atoms with Crippen molar-refractivity contribution in [3.8, 4) is 5.75 Å². The molecular weight excluding hydrogens is 264 g/mol. The van der Waals surface area contributed by atoms with E-state index in [1.807, 2.05) is 0 Å². The fourth-order valence-electron chi connectivity index (χ4n) is 1.10. The van der Waals surface area contributed by atoms with Crippen molar-refractivity contribution in [2.24, 2.45) is 0 Å². The second kappa shape index (κ2) is 5.14. The molecule has 0 radical (unpaired) electrons. The van der Waals surface area contributed by atoms with Gasteiger partial charge >= 0.3 is 5.97 Å². The molecule has 1 unspecified atom stereocenters. The smallest absolute Gasteiger partial charge is 0.339 e. The van der Waals surface area contributed by atoms with Crippen LogP contribution in [0.1, 0.15) is 18.6 Å². The fourth-order valence-corrected chi connectivity index (χ4v) is 1.45. The molecular formula is C10H11BrO4. The van der Waals surface area contributed by atoms with Gasteiger partial charge in [-0.25, -0.2) is 4.79 Å². The summed E-state index contributed by atoms with van der Waals surface area (Å²) in [7, 11) is 0. The van der Waals surface area contributed by atoms with Crippen molar-refractivity contribution in [2.75, 3.05) is 6.61 Å². The molecule has 1 aromatic carbocycles. The minimum atomic E-state index is -1.45. The number of esters is 1. The number of aliphatic hydroxyl groups is 1. The summed E-state index contributed by atoms with van der Waals surface area (Å²) in [6, 6.07) is 4.48. The Hall–Kier alpha value is -1.07. The predicted molar refractivity (Wildman–Crippen MR) is 57.4 cm³/mol. The summed E-state index contributed by atoms with van der Waals surface area (Å²) in [6.07, 6.45) is -1.45. The van der Waals surface area contributed by atoms with E-state index >= 15 is 0 Å². The number of carbonyl (C=O) groups excluding carboxylic acids is 1. The van der Waals surface area contributed by atoms with Gasteiger partial charge in [-0.2, -0.15) is 0 Å². The van der Waals surface area contributed by atoms with Gasteiger partial charge in [0.1, 0.15) is 5.75 Å². The quantitative estimate of drug-likeness (QED) is 0.825. The van der Waals surface area contributed by atoms with Crippen LogP contribution in [0.15, 0.2) is 22.7 Å². The van der Waals surface area contributed by atoms with Crippen LogP contribution < -0.4 is 0 Å². The van der Waals surface area contributed by atoms with Gasteiger partial charge in [0.05, 0.1) is 6.61 Å². The summed E-state index contributed by atoms with van der Waals surface area (Å²) in [5, 5.41) is 19.0. The maximum atomic E-state index is 11.2. The van der Waals surface area contributed by atoms with E-state index in [1.165, 1.54) is 12.1 Å². The highest BCUT2D eigenvalue weighted by molar-refractivity contribution is 9.10. The third-order valence-electron chi connectivity index (χ3n) is 1.80. The maximum Gasteiger partial charge on any atom is 0.339 e. The largest absolute Gasteiger partial charge is 0.508 e. The number of benzene rings is 1. The average Bonchev–Trinajstić information content (AvgIpc) is 2.17. The zero-order valence-corrected chi connectivity index (χ0v) is 9.69. The second-order valence-corrected chi connectivity index (χ2v) is 3.77. The molecule has 1 aromatic rings. The highest BCUT2D eigenvalue weighted by Crippen LogP contribution is 2.28. The van der Waals surface area contributed by atoms with E-state index in [9.17, 15) is 15.0 Å². The number of halogens is 1. The SMILES string of the molecule is CCOC(=O)C(O)c1ccc(Br)cc1O. The number of phenolic OH excluding ortho intramolecular Hbond substituents is 1. The standard InChI is InChI=1S/C10H11BrO4/c1-2-15-10(14)9(13)7-4-3-6(11)5-8(7)12/h3-5,9,12-13H,2H2,1H3. The Bertz CT molecular complexity index is 364. The van der Waals surface area contributed by atoms with E-state index in [-0.39, 0.29) is 17.9 Å². The number of carbonyl (C=O) groups is 1. The second-order valence-electron chi connectivity index (χ2n) is 2.86. The lowest BCUT2D eigenvalue weighted by Gasteiger charge is -2.11. The minimum absolute atomic E-state index is 0.136. The Morgan fingerprint density at radius 1 is 1.60 bits per heavy atom. The van der Waals surface area contributed by atoms with Gasteiger partial charge < -0.3 is 14.9 Å². The normalized spacial score (nSPS) is 12.2. The molecule has 0 saturated carbocycles. The molecule has 0 fully saturated rings. The Morgan fingerprint density at radius 3 is 2.80 bits per heavy atom. The summed E-state index contributed by atoms with van der Waals surface area (Å²) < 4.78 is 5.30. The van der Waals surface area contributed by atoms with Gasteiger partial charge in [0.25, 0.3) is 0 Å². The van der Waals surface area contributed by atoms with Crippen molar-refractivity contribution in [1.29, 1.82) is 0 Å². The fraction of sp³-hybridized carbons (Fsp3) is 0.300. The van der Waals surface area contributed by atoms with Gasteiger partial charge in [0.2, 0.25) is 0 Å². The molecule has 82 valence electrons. The van der Waals surface area contributed by atoms with Crippen molar-refractivity contribution in [1.82, 2.24) is 0 Å². The predicted octanol–water partition coefficient (Wildman–Crippen LogP) is 1.75. The van der Waals surface area contributed by atoms with Crippen LogP contribution >= 0.6 is 15.9 Å². The molecule has 0 amide bonds. The summed E-state index contributed by atoms with van der Waals surface area (Å²) in [5.41, 5.74) is 0.136. The van der Waals surface area contributed by atoms with Crippen LogP contribution in [0.3, 0.4) is 0 Å². The zero-order chi connectivity index (χ0) is 11.4. The van der Waals surface area contributed by atoms with E-state index in [2.05, 4.69) is 20.7 Å². The van der Waals surface area contributed by atoms with Crippen LogP contribution in [0.4, 0.5) is 0 Å².